The van der Waals surface area contributed by atoms with E-state index in [1.54, 1.807) is 14.2 Å². The molecule has 2 unspecified atom stereocenters. The molecule has 0 aliphatic heterocycles. The highest BCUT2D eigenvalue weighted by molar-refractivity contribution is 5.79. The van der Waals surface area contributed by atoms with Crippen molar-refractivity contribution in [1.29, 1.82) is 0 Å². The fourth-order valence-electron chi connectivity index (χ4n) is 1.71. The molecule has 8 heteroatoms. The Bertz CT molecular complexity index is 435. The van der Waals surface area contributed by atoms with Crippen molar-refractivity contribution in [1.82, 2.24) is 20.8 Å². The molecule has 0 bridgehead atoms. The summed E-state index contributed by atoms with van der Waals surface area (Å²) in [4.78, 5) is 8.40. The average molecular weight is 299 g/mol. The molecule has 21 heavy (non-hydrogen) atoms. The smallest absolute Gasteiger partial charge is 0.246 e. The second kappa shape index (κ2) is 9.30. The zero-order chi connectivity index (χ0) is 15.7. The van der Waals surface area contributed by atoms with Crippen LogP contribution in [0.4, 0.5) is 0 Å². The number of hydrogen-bond acceptors (Lipinski definition) is 6. The fraction of sp³-hybridized carbons (Fsp3) is 0.769. The number of methoxy groups -OCH3 is 1. The largest absolute Gasteiger partial charge is 0.383 e. The van der Waals surface area contributed by atoms with E-state index >= 15 is 0 Å². The maximum atomic E-state index is 5.41. The van der Waals surface area contributed by atoms with Gasteiger partial charge >= 0.3 is 0 Å². The first-order chi connectivity index (χ1) is 10.1. The number of rotatable bonds is 8. The standard InChI is InChI=1S/C13H25N5O3/c1-6-20-10(3)12-17-11(21-18-12)7-15-13(14-4)16-9(2)8-19-5/h9-10H,6-8H2,1-5H3,(H2,14,15,16). The van der Waals surface area contributed by atoms with E-state index in [0.29, 0.717) is 37.4 Å². The second-order valence-corrected chi connectivity index (χ2v) is 4.57. The van der Waals surface area contributed by atoms with Gasteiger partial charge in [-0.15, -0.1) is 0 Å². The Morgan fingerprint density at radius 2 is 2.19 bits per heavy atom. The third-order valence-corrected chi connectivity index (χ3v) is 2.69. The van der Waals surface area contributed by atoms with Crippen molar-refractivity contribution in [3.05, 3.63) is 11.7 Å². The molecular formula is C13H25N5O3. The maximum Gasteiger partial charge on any atom is 0.246 e. The van der Waals surface area contributed by atoms with Crippen LogP contribution in [0.15, 0.2) is 9.52 Å². The van der Waals surface area contributed by atoms with Crippen LogP contribution < -0.4 is 10.6 Å². The summed E-state index contributed by atoms with van der Waals surface area (Å²) in [5, 5.41) is 10.2. The average Bonchev–Trinajstić information content (AvgIpc) is 2.93. The lowest BCUT2D eigenvalue weighted by atomic mass is 10.4. The summed E-state index contributed by atoms with van der Waals surface area (Å²) >= 11 is 0. The Morgan fingerprint density at radius 1 is 1.43 bits per heavy atom. The van der Waals surface area contributed by atoms with Crippen molar-refractivity contribution < 1.29 is 14.0 Å². The molecule has 2 atom stereocenters. The molecular weight excluding hydrogens is 274 g/mol. The Kier molecular flexibility index (Phi) is 7.70. The normalized spacial score (nSPS) is 14.8. The summed E-state index contributed by atoms with van der Waals surface area (Å²) in [5.74, 6) is 1.68. The lowest BCUT2D eigenvalue weighted by molar-refractivity contribution is 0.0683. The lowest BCUT2D eigenvalue weighted by Crippen LogP contribution is -2.43. The molecule has 120 valence electrons. The molecule has 0 radical (unpaired) electrons. The van der Waals surface area contributed by atoms with Gasteiger partial charge < -0.3 is 24.6 Å². The Balaban J connectivity index is 2.46. The molecule has 0 spiro atoms. The van der Waals surface area contributed by atoms with Crippen LogP contribution >= 0.6 is 0 Å². The molecule has 0 aliphatic rings. The Labute approximate surface area is 125 Å². The molecule has 1 heterocycles. The van der Waals surface area contributed by atoms with Gasteiger partial charge in [0.15, 0.2) is 11.8 Å². The van der Waals surface area contributed by atoms with Crippen molar-refractivity contribution >= 4 is 5.96 Å². The second-order valence-electron chi connectivity index (χ2n) is 4.57. The Morgan fingerprint density at radius 3 is 2.81 bits per heavy atom. The van der Waals surface area contributed by atoms with E-state index in [9.17, 15) is 0 Å². The van der Waals surface area contributed by atoms with E-state index in [1.807, 2.05) is 20.8 Å². The summed E-state index contributed by atoms with van der Waals surface area (Å²) in [5.41, 5.74) is 0. The van der Waals surface area contributed by atoms with Gasteiger partial charge in [0.1, 0.15) is 6.10 Å². The number of nitrogens with zero attached hydrogens (tertiary/aromatic N) is 3. The van der Waals surface area contributed by atoms with Crippen LogP contribution in [0.25, 0.3) is 0 Å². The zero-order valence-corrected chi connectivity index (χ0v) is 13.3. The minimum atomic E-state index is -0.174. The Hall–Kier alpha value is -1.67. The highest BCUT2D eigenvalue weighted by atomic mass is 16.5. The van der Waals surface area contributed by atoms with Gasteiger partial charge in [-0.2, -0.15) is 4.98 Å². The van der Waals surface area contributed by atoms with Gasteiger partial charge in [0.05, 0.1) is 13.2 Å². The third kappa shape index (κ3) is 6.09. The molecule has 1 rings (SSSR count). The first-order valence-electron chi connectivity index (χ1n) is 7.00. The molecule has 2 N–H and O–H groups in total. The monoisotopic (exact) mass is 299 g/mol. The molecule has 8 nitrogen and oxygen atoms in total. The predicted molar refractivity (Wildman–Crippen MR) is 79.0 cm³/mol. The van der Waals surface area contributed by atoms with E-state index in [-0.39, 0.29) is 12.1 Å². The molecule has 1 aromatic heterocycles. The number of guanidine groups is 1. The van der Waals surface area contributed by atoms with Crippen LogP contribution in [0.2, 0.25) is 0 Å². The number of aliphatic imine (C=N–C) groups is 1. The molecule has 1 aromatic rings. The molecule has 0 amide bonds. The van der Waals surface area contributed by atoms with Gasteiger partial charge in [0.2, 0.25) is 5.89 Å². The van der Waals surface area contributed by atoms with Gasteiger partial charge in [-0.3, -0.25) is 4.99 Å². The molecule has 0 saturated heterocycles. The highest BCUT2D eigenvalue weighted by Crippen LogP contribution is 2.12. The van der Waals surface area contributed by atoms with Crippen LogP contribution in [-0.2, 0) is 16.0 Å². The van der Waals surface area contributed by atoms with Gasteiger partial charge in [0, 0.05) is 26.8 Å². The van der Waals surface area contributed by atoms with Crippen LogP contribution in [0.3, 0.4) is 0 Å². The van der Waals surface area contributed by atoms with E-state index in [0.717, 1.165) is 0 Å². The minimum Gasteiger partial charge on any atom is -0.383 e. The van der Waals surface area contributed by atoms with E-state index < -0.39 is 0 Å². The summed E-state index contributed by atoms with van der Waals surface area (Å²) in [7, 11) is 3.36. The van der Waals surface area contributed by atoms with Crippen LogP contribution in [0.5, 0.6) is 0 Å². The van der Waals surface area contributed by atoms with Gasteiger partial charge in [0.25, 0.3) is 0 Å². The van der Waals surface area contributed by atoms with Crippen molar-refractivity contribution in [2.75, 3.05) is 27.4 Å². The quantitative estimate of drug-likeness (QED) is 0.543. The lowest BCUT2D eigenvalue weighted by Gasteiger charge is -2.16. The zero-order valence-electron chi connectivity index (χ0n) is 13.3. The number of ether oxygens (including phenoxy) is 2. The first kappa shape index (κ1) is 17.4. The summed E-state index contributed by atoms with van der Waals surface area (Å²) in [6, 6.07) is 0.150. The third-order valence-electron chi connectivity index (χ3n) is 2.69. The minimum absolute atomic E-state index is 0.150. The first-order valence-corrected chi connectivity index (χ1v) is 7.00. The molecule has 0 saturated carbocycles. The van der Waals surface area contributed by atoms with E-state index in [2.05, 4.69) is 25.8 Å². The number of hydrogen-bond donors (Lipinski definition) is 2. The van der Waals surface area contributed by atoms with E-state index in [1.165, 1.54) is 0 Å². The number of nitrogens with one attached hydrogen (secondary N) is 2. The van der Waals surface area contributed by atoms with Crippen molar-refractivity contribution in [3.8, 4) is 0 Å². The van der Waals surface area contributed by atoms with Crippen molar-refractivity contribution in [2.45, 2.75) is 39.5 Å². The molecule has 0 aliphatic carbocycles. The van der Waals surface area contributed by atoms with Crippen LogP contribution in [0, 0.1) is 0 Å². The summed E-state index contributed by atoms with van der Waals surface area (Å²) in [6.45, 7) is 7.42. The predicted octanol–water partition coefficient (Wildman–Crippen LogP) is 0.867. The van der Waals surface area contributed by atoms with Gasteiger partial charge in [-0.1, -0.05) is 5.16 Å². The molecule has 0 fully saturated rings. The van der Waals surface area contributed by atoms with Crippen LogP contribution in [-0.4, -0.2) is 49.5 Å². The maximum absolute atomic E-state index is 5.41. The summed E-state index contributed by atoms with van der Waals surface area (Å²) < 4.78 is 15.6. The van der Waals surface area contributed by atoms with Gasteiger partial charge in [-0.05, 0) is 20.8 Å². The van der Waals surface area contributed by atoms with Crippen molar-refractivity contribution in [2.24, 2.45) is 4.99 Å². The van der Waals surface area contributed by atoms with E-state index in [4.69, 9.17) is 14.0 Å². The fourth-order valence-corrected chi connectivity index (χ4v) is 1.71. The molecule has 0 aromatic carbocycles. The van der Waals surface area contributed by atoms with Crippen LogP contribution in [0.1, 0.15) is 38.6 Å². The summed E-state index contributed by atoms with van der Waals surface area (Å²) in [6.07, 6.45) is -0.174. The SMILES string of the molecule is CCOC(C)c1noc(CNC(=NC)NC(C)COC)n1. The topological polar surface area (TPSA) is 93.8 Å². The highest BCUT2D eigenvalue weighted by Gasteiger charge is 2.14. The number of aromatic nitrogens is 2. The van der Waals surface area contributed by atoms with Crippen molar-refractivity contribution in [3.63, 3.8) is 0 Å². The van der Waals surface area contributed by atoms with Gasteiger partial charge in [-0.25, -0.2) is 0 Å².